The molecule has 0 spiro atoms. The van der Waals surface area contributed by atoms with Crippen molar-refractivity contribution in [2.24, 2.45) is 0 Å². The predicted molar refractivity (Wildman–Crippen MR) is 78.6 cm³/mol. The monoisotopic (exact) mass is 329 g/mol. The Morgan fingerprint density at radius 2 is 2.16 bits per heavy atom. The number of halogens is 1. The molecule has 1 aromatic carbocycles. The van der Waals surface area contributed by atoms with Crippen LogP contribution in [0, 0.1) is 0 Å². The lowest BCUT2D eigenvalue weighted by atomic mass is 10.0. The van der Waals surface area contributed by atoms with Crippen LogP contribution in [-0.4, -0.2) is 41.2 Å². The largest absolute Gasteiger partial charge is 0.492 e. The molecule has 0 aliphatic heterocycles. The number of carboxylic acid groups (broad SMARTS) is 1. The van der Waals surface area contributed by atoms with Gasteiger partial charge in [-0.2, -0.15) is 0 Å². The first-order chi connectivity index (χ1) is 8.87. The van der Waals surface area contributed by atoms with E-state index >= 15 is 0 Å². The molecular formula is C14H20BrNO3. The molecule has 0 radical (unpaired) electrons. The second kappa shape index (κ2) is 6.91. The number of carbonyl (C=O) groups is 1. The molecular weight excluding hydrogens is 310 g/mol. The molecule has 19 heavy (non-hydrogen) atoms. The highest BCUT2D eigenvalue weighted by molar-refractivity contribution is 9.10. The molecule has 0 amide bonds. The Hall–Kier alpha value is -1.07. The third-order valence-electron chi connectivity index (χ3n) is 3.12. The van der Waals surface area contributed by atoms with Crippen LogP contribution in [0.3, 0.4) is 0 Å². The van der Waals surface area contributed by atoms with Crippen molar-refractivity contribution >= 4 is 21.9 Å². The fourth-order valence-corrected chi connectivity index (χ4v) is 2.18. The smallest absolute Gasteiger partial charge is 0.323 e. The molecule has 0 aromatic heterocycles. The summed E-state index contributed by atoms with van der Waals surface area (Å²) in [5.41, 5.74) is -0.880. The molecule has 0 unspecified atom stereocenters. The molecule has 5 heteroatoms. The summed E-state index contributed by atoms with van der Waals surface area (Å²) in [5.74, 6) is -0.0460. The summed E-state index contributed by atoms with van der Waals surface area (Å²) in [4.78, 5) is 13.1. The first-order valence-corrected chi connectivity index (χ1v) is 7.04. The summed E-state index contributed by atoms with van der Waals surface area (Å²) in [7, 11) is 0. The molecule has 1 aromatic rings. The number of rotatable bonds is 7. The zero-order chi connectivity index (χ0) is 14.5. The van der Waals surface area contributed by atoms with Gasteiger partial charge in [-0.15, -0.1) is 0 Å². The summed E-state index contributed by atoms with van der Waals surface area (Å²) in [6, 6.07) is 7.60. The number of hydrogen-bond acceptors (Lipinski definition) is 3. The molecule has 0 atom stereocenters. The van der Waals surface area contributed by atoms with Crippen LogP contribution in [0.5, 0.6) is 5.75 Å². The average molecular weight is 330 g/mol. The van der Waals surface area contributed by atoms with Crippen LogP contribution in [0.15, 0.2) is 28.7 Å². The van der Waals surface area contributed by atoms with Crippen molar-refractivity contribution in [3.8, 4) is 5.75 Å². The second-order valence-electron chi connectivity index (χ2n) is 4.75. The summed E-state index contributed by atoms with van der Waals surface area (Å²) < 4.78 is 6.59. The van der Waals surface area contributed by atoms with Gasteiger partial charge in [0.15, 0.2) is 0 Å². The van der Waals surface area contributed by atoms with Gasteiger partial charge in [-0.05, 0) is 38.6 Å². The Balaban J connectivity index is 2.53. The zero-order valence-electron chi connectivity index (χ0n) is 11.5. The second-order valence-corrected chi connectivity index (χ2v) is 5.67. The van der Waals surface area contributed by atoms with Crippen LogP contribution in [0.2, 0.25) is 0 Å². The predicted octanol–water partition coefficient (Wildman–Crippen LogP) is 3.01. The van der Waals surface area contributed by atoms with E-state index in [-0.39, 0.29) is 0 Å². The lowest BCUT2D eigenvalue weighted by Gasteiger charge is -2.33. The minimum absolute atomic E-state index is 0.459. The number of ether oxygens (including phenoxy) is 1. The lowest BCUT2D eigenvalue weighted by Crippen LogP contribution is -2.51. The number of benzene rings is 1. The van der Waals surface area contributed by atoms with Gasteiger partial charge in [-0.3, -0.25) is 9.69 Å². The molecule has 106 valence electrons. The number of carboxylic acids is 1. The third-order valence-corrected chi connectivity index (χ3v) is 3.61. The maximum absolute atomic E-state index is 11.2. The zero-order valence-corrected chi connectivity index (χ0v) is 13.1. The number of aliphatic carboxylic acids is 1. The molecule has 0 bridgehead atoms. The topological polar surface area (TPSA) is 49.8 Å². The van der Waals surface area contributed by atoms with E-state index in [2.05, 4.69) is 15.9 Å². The highest BCUT2D eigenvalue weighted by Crippen LogP contribution is 2.18. The Bertz CT molecular complexity index is 434. The van der Waals surface area contributed by atoms with Crippen molar-refractivity contribution in [1.29, 1.82) is 0 Å². The lowest BCUT2D eigenvalue weighted by molar-refractivity contribution is -0.149. The molecule has 0 saturated carbocycles. The maximum Gasteiger partial charge on any atom is 0.323 e. The Labute approximate surface area is 122 Å². The Kier molecular flexibility index (Phi) is 5.82. The van der Waals surface area contributed by atoms with Crippen LogP contribution in [0.4, 0.5) is 0 Å². The summed E-state index contributed by atoms with van der Waals surface area (Å²) in [5, 5.41) is 9.21. The fraction of sp³-hybridized carbons (Fsp3) is 0.500. The van der Waals surface area contributed by atoms with E-state index in [1.54, 1.807) is 13.8 Å². The first kappa shape index (κ1) is 16.0. The van der Waals surface area contributed by atoms with Gasteiger partial charge in [0.1, 0.15) is 17.9 Å². The van der Waals surface area contributed by atoms with E-state index in [1.165, 1.54) is 0 Å². The molecule has 0 heterocycles. The van der Waals surface area contributed by atoms with Gasteiger partial charge in [0.2, 0.25) is 0 Å². The molecule has 1 rings (SSSR count). The van der Waals surface area contributed by atoms with Crippen LogP contribution in [-0.2, 0) is 4.79 Å². The minimum Gasteiger partial charge on any atom is -0.492 e. The summed E-state index contributed by atoms with van der Waals surface area (Å²) in [6.45, 7) is 7.06. The normalized spacial score (nSPS) is 11.6. The van der Waals surface area contributed by atoms with Crippen LogP contribution >= 0.6 is 15.9 Å². The van der Waals surface area contributed by atoms with E-state index in [0.29, 0.717) is 19.7 Å². The molecule has 0 aliphatic carbocycles. The SMILES string of the molecule is CCN(CCOc1cccc(Br)c1)C(C)(C)C(=O)O. The molecule has 0 fully saturated rings. The van der Waals surface area contributed by atoms with Crippen molar-refractivity contribution < 1.29 is 14.6 Å². The molecule has 0 saturated heterocycles. The maximum atomic E-state index is 11.2. The van der Waals surface area contributed by atoms with Crippen molar-refractivity contribution in [1.82, 2.24) is 4.90 Å². The number of hydrogen-bond donors (Lipinski definition) is 1. The quantitative estimate of drug-likeness (QED) is 0.835. The number of nitrogens with zero attached hydrogens (tertiary/aromatic N) is 1. The van der Waals surface area contributed by atoms with Crippen LogP contribution < -0.4 is 4.74 Å². The standard InChI is InChI=1S/C14H20BrNO3/c1-4-16(14(2,3)13(17)18)8-9-19-12-7-5-6-11(15)10-12/h5-7,10H,4,8-9H2,1-3H3,(H,17,18). The summed E-state index contributed by atoms with van der Waals surface area (Å²) >= 11 is 3.38. The van der Waals surface area contributed by atoms with E-state index in [9.17, 15) is 9.90 Å². The van der Waals surface area contributed by atoms with Crippen molar-refractivity contribution in [2.45, 2.75) is 26.3 Å². The Morgan fingerprint density at radius 3 is 2.68 bits per heavy atom. The highest BCUT2D eigenvalue weighted by Gasteiger charge is 2.33. The molecule has 1 N–H and O–H groups in total. The Morgan fingerprint density at radius 1 is 1.47 bits per heavy atom. The van der Waals surface area contributed by atoms with Crippen molar-refractivity contribution in [2.75, 3.05) is 19.7 Å². The van der Waals surface area contributed by atoms with E-state index in [1.807, 2.05) is 36.1 Å². The van der Waals surface area contributed by atoms with Gasteiger partial charge in [-0.25, -0.2) is 0 Å². The fourth-order valence-electron chi connectivity index (χ4n) is 1.80. The van der Waals surface area contributed by atoms with E-state index in [4.69, 9.17) is 4.74 Å². The van der Waals surface area contributed by atoms with Gasteiger partial charge < -0.3 is 9.84 Å². The van der Waals surface area contributed by atoms with Gasteiger partial charge in [0, 0.05) is 11.0 Å². The number of likely N-dealkylation sites (N-methyl/N-ethyl adjacent to an activating group) is 1. The van der Waals surface area contributed by atoms with Crippen LogP contribution in [0.1, 0.15) is 20.8 Å². The van der Waals surface area contributed by atoms with E-state index < -0.39 is 11.5 Å². The van der Waals surface area contributed by atoms with Crippen LogP contribution in [0.25, 0.3) is 0 Å². The molecule has 0 aliphatic rings. The average Bonchev–Trinajstić information content (AvgIpc) is 2.34. The first-order valence-electron chi connectivity index (χ1n) is 6.24. The van der Waals surface area contributed by atoms with Gasteiger partial charge in [0.25, 0.3) is 0 Å². The van der Waals surface area contributed by atoms with E-state index in [0.717, 1.165) is 10.2 Å². The van der Waals surface area contributed by atoms with Gasteiger partial charge in [-0.1, -0.05) is 28.9 Å². The minimum atomic E-state index is -0.880. The van der Waals surface area contributed by atoms with Crippen molar-refractivity contribution in [3.05, 3.63) is 28.7 Å². The molecule has 4 nitrogen and oxygen atoms in total. The van der Waals surface area contributed by atoms with Gasteiger partial charge >= 0.3 is 5.97 Å². The van der Waals surface area contributed by atoms with Gasteiger partial charge in [0.05, 0.1) is 0 Å². The third kappa shape index (κ3) is 4.51. The van der Waals surface area contributed by atoms with Crippen molar-refractivity contribution in [3.63, 3.8) is 0 Å². The summed E-state index contributed by atoms with van der Waals surface area (Å²) in [6.07, 6.45) is 0. The highest BCUT2D eigenvalue weighted by atomic mass is 79.9.